The fraction of sp³-hybridized carbons (Fsp3) is 0.632. The van der Waals surface area contributed by atoms with Crippen LogP contribution in [0, 0.1) is 12.3 Å². The second kappa shape index (κ2) is 10.5. The van der Waals surface area contributed by atoms with Gasteiger partial charge in [0.2, 0.25) is 0 Å². The third kappa shape index (κ3) is 5.01. The highest BCUT2D eigenvalue weighted by molar-refractivity contribution is 5.82. The number of fused-ring (bicyclic) bond motifs is 1. The second-order valence-corrected chi connectivity index (χ2v) is 7.00. The minimum Gasteiger partial charge on any atom is -0.394 e. The van der Waals surface area contributed by atoms with Crippen LogP contribution in [0.2, 0.25) is 0 Å². The topological polar surface area (TPSA) is 138 Å². The molecule has 1 unspecified atom stereocenters. The molecular formula is C19H28N6O4. The van der Waals surface area contributed by atoms with Crippen molar-refractivity contribution in [2.24, 2.45) is 0 Å². The number of imidazole rings is 1. The maximum Gasteiger partial charge on any atom is 0.167 e. The lowest BCUT2D eigenvalue weighted by Crippen LogP contribution is -2.33. The molecule has 1 aliphatic rings. The Kier molecular flexibility index (Phi) is 7.74. The number of aromatic nitrogens is 4. The van der Waals surface area contributed by atoms with E-state index in [2.05, 4.69) is 31.5 Å². The number of aliphatic hydroxyl groups is 3. The monoisotopic (exact) mass is 404 g/mol. The second-order valence-electron chi connectivity index (χ2n) is 7.00. The molecule has 0 spiro atoms. The predicted octanol–water partition coefficient (Wildman–Crippen LogP) is -0.367. The van der Waals surface area contributed by atoms with Gasteiger partial charge in [-0.25, -0.2) is 15.0 Å². The summed E-state index contributed by atoms with van der Waals surface area (Å²) in [7, 11) is 0. The van der Waals surface area contributed by atoms with Gasteiger partial charge in [0.05, 0.1) is 19.5 Å². The highest BCUT2D eigenvalue weighted by atomic mass is 16.6. The highest BCUT2D eigenvalue weighted by Crippen LogP contribution is 2.32. The summed E-state index contributed by atoms with van der Waals surface area (Å²) >= 11 is 0. The normalized spacial score (nSPS) is 24.1. The molecule has 1 saturated heterocycles. The van der Waals surface area contributed by atoms with Gasteiger partial charge in [0, 0.05) is 6.54 Å². The number of nitrogens with one attached hydrogen (secondary N) is 2. The average Bonchev–Trinajstić information content (AvgIpc) is 3.28. The van der Waals surface area contributed by atoms with Crippen LogP contribution >= 0.6 is 0 Å². The van der Waals surface area contributed by atoms with Gasteiger partial charge in [0.15, 0.2) is 23.2 Å². The van der Waals surface area contributed by atoms with Crippen molar-refractivity contribution < 1.29 is 20.1 Å². The van der Waals surface area contributed by atoms with Crippen molar-refractivity contribution in [3.63, 3.8) is 0 Å². The van der Waals surface area contributed by atoms with Gasteiger partial charge in [-0.1, -0.05) is 18.8 Å². The van der Waals surface area contributed by atoms with Gasteiger partial charge < -0.3 is 30.7 Å². The Morgan fingerprint density at radius 3 is 2.62 bits per heavy atom. The molecule has 10 heteroatoms. The van der Waals surface area contributed by atoms with Crippen molar-refractivity contribution in [1.29, 1.82) is 0 Å². The van der Waals surface area contributed by atoms with Crippen molar-refractivity contribution in [3.05, 3.63) is 12.7 Å². The lowest BCUT2D eigenvalue weighted by Gasteiger charge is -2.16. The van der Waals surface area contributed by atoms with E-state index in [1.165, 1.54) is 12.7 Å². The van der Waals surface area contributed by atoms with Gasteiger partial charge >= 0.3 is 0 Å². The van der Waals surface area contributed by atoms with E-state index in [1.807, 2.05) is 0 Å². The third-order valence-corrected chi connectivity index (χ3v) is 4.95. The molecule has 3 heterocycles. The Hall–Kier alpha value is -2.29. The fourth-order valence-corrected chi connectivity index (χ4v) is 3.37. The molecule has 0 amide bonds. The molecule has 0 radical (unpaired) electrons. The van der Waals surface area contributed by atoms with Gasteiger partial charge in [-0.3, -0.25) is 4.57 Å². The number of hydrogen-bond donors (Lipinski definition) is 5. The largest absolute Gasteiger partial charge is 0.394 e. The molecule has 158 valence electrons. The quantitative estimate of drug-likeness (QED) is 0.251. The molecule has 0 saturated carbocycles. The predicted molar refractivity (Wildman–Crippen MR) is 107 cm³/mol. The number of terminal acetylenes is 1. The van der Waals surface area contributed by atoms with E-state index in [9.17, 15) is 15.3 Å². The van der Waals surface area contributed by atoms with Crippen molar-refractivity contribution in [2.45, 2.75) is 50.2 Å². The van der Waals surface area contributed by atoms with Crippen LogP contribution in [0.5, 0.6) is 0 Å². The standard InChI is InChI=1S/C19H28N6O4/c1-2-7-20-8-5-3-4-6-9-21-17-14-18(23-11-22-17)25(12-24-14)19-16(28)15(27)13(10-26)29-19/h1,11-13,15-16,19-20,26-28H,3-10H2,(H,21,22,23)/t13-,15?,16+,19-/m1/s1. The van der Waals surface area contributed by atoms with Gasteiger partial charge in [-0.05, 0) is 19.4 Å². The molecule has 0 aliphatic carbocycles. The van der Waals surface area contributed by atoms with Crippen molar-refractivity contribution in [2.75, 3.05) is 31.6 Å². The van der Waals surface area contributed by atoms with Crippen molar-refractivity contribution in [3.8, 4) is 12.3 Å². The molecule has 1 aliphatic heterocycles. The van der Waals surface area contributed by atoms with Gasteiger partial charge in [-0.2, -0.15) is 0 Å². The van der Waals surface area contributed by atoms with Crippen LogP contribution in [-0.4, -0.2) is 79.4 Å². The summed E-state index contributed by atoms with van der Waals surface area (Å²) in [5.41, 5.74) is 1.04. The Morgan fingerprint density at radius 1 is 1.10 bits per heavy atom. The summed E-state index contributed by atoms with van der Waals surface area (Å²) in [5, 5.41) is 35.9. The summed E-state index contributed by atoms with van der Waals surface area (Å²) < 4.78 is 7.11. The minimum absolute atomic E-state index is 0.386. The molecular weight excluding hydrogens is 376 g/mol. The zero-order valence-corrected chi connectivity index (χ0v) is 16.2. The molecule has 10 nitrogen and oxygen atoms in total. The SMILES string of the molecule is C#CCNCCCCCCNc1ncnc2c1ncn2[C@@H]1O[C@H](CO)C(O)[C@@H]1O. The number of rotatable bonds is 11. The van der Waals surface area contributed by atoms with Crippen LogP contribution in [-0.2, 0) is 4.74 Å². The van der Waals surface area contributed by atoms with E-state index < -0.39 is 24.5 Å². The first-order valence-electron chi connectivity index (χ1n) is 9.85. The Labute approximate surface area is 169 Å². The molecule has 29 heavy (non-hydrogen) atoms. The van der Waals surface area contributed by atoms with Crippen molar-refractivity contribution >= 4 is 17.0 Å². The zero-order valence-electron chi connectivity index (χ0n) is 16.2. The van der Waals surface area contributed by atoms with Crippen LogP contribution in [0.15, 0.2) is 12.7 Å². The number of nitrogens with zero attached hydrogens (tertiary/aromatic N) is 4. The van der Waals surface area contributed by atoms with Crippen molar-refractivity contribution in [1.82, 2.24) is 24.8 Å². The average molecular weight is 404 g/mol. The lowest BCUT2D eigenvalue weighted by molar-refractivity contribution is -0.0511. The molecule has 1 fully saturated rings. The highest BCUT2D eigenvalue weighted by Gasteiger charge is 2.44. The maximum absolute atomic E-state index is 10.2. The summed E-state index contributed by atoms with van der Waals surface area (Å²) in [6.45, 7) is 1.91. The van der Waals surface area contributed by atoms with Crippen LogP contribution < -0.4 is 10.6 Å². The summed E-state index contributed by atoms with van der Waals surface area (Å²) in [6.07, 6.45) is 8.31. The van der Waals surface area contributed by atoms with Crippen LogP contribution in [0.1, 0.15) is 31.9 Å². The van der Waals surface area contributed by atoms with Gasteiger partial charge in [-0.15, -0.1) is 6.42 Å². The van der Waals surface area contributed by atoms with Crippen LogP contribution in [0.25, 0.3) is 11.2 Å². The van der Waals surface area contributed by atoms with Gasteiger partial charge in [0.1, 0.15) is 24.6 Å². The number of unbranched alkanes of at least 4 members (excludes halogenated alkanes) is 3. The molecule has 2 aromatic heterocycles. The Morgan fingerprint density at radius 2 is 1.90 bits per heavy atom. The first-order valence-corrected chi connectivity index (χ1v) is 9.85. The molecule has 4 atom stereocenters. The van der Waals surface area contributed by atoms with E-state index in [0.29, 0.717) is 23.5 Å². The molecule has 5 N–H and O–H groups in total. The van der Waals surface area contributed by atoms with E-state index >= 15 is 0 Å². The molecule has 3 rings (SSSR count). The number of ether oxygens (including phenoxy) is 1. The van der Waals surface area contributed by atoms with Crippen LogP contribution in [0.4, 0.5) is 5.82 Å². The third-order valence-electron chi connectivity index (χ3n) is 4.95. The maximum atomic E-state index is 10.2. The van der Waals surface area contributed by atoms with E-state index in [-0.39, 0.29) is 6.61 Å². The number of hydrogen-bond acceptors (Lipinski definition) is 9. The number of anilines is 1. The lowest BCUT2D eigenvalue weighted by atomic mass is 10.1. The minimum atomic E-state index is -1.19. The Bertz CT molecular complexity index is 823. The molecule has 0 aromatic carbocycles. The van der Waals surface area contributed by atoms with Crippen LogP contribution in [0.3, 0.4) is 0 Å². The molecule has 2 aromatic rings. The molecule has 0 bridgehead atoms. The number of aliphatic hydroxyl groups excluding tert-OH is 3. The van der Waals surface area contributed by atoms with E-state index in [1.54, 1.807) is 4.57 Å². The Balaban J connectivity index is 1.54. The summed E-state index contributed by atoms with van der Waals surface area (Å²) in [5.74, 6) is 3.16. The smallest absolute Gasteiger partial charge is 0.167 e. The first kappa shape index (κ1) is 21.4. The summed E-state index contributed by atoms with van der Waals surface area (Å²) in [6, 6.07) is 0. The first-order chi connectivity index (χ1) is 14.2. The van der Waals surface area contributed by atoms with E-state index in [4.69, 9.17) is 11.2 Å². The van der Waals surface area contributed by atoms with E-state index in [0.717, 1.165) is 38.8 Å². The fourth-order valence-electron chi connectivity index (χ4n) is 3.37. The zero-order chi connectivity index (χ0) is 20.6. The summed E-state index contributed by atoms with van der Waals surface area (Å²) in [4.78, 5) is 12.8. The van der Waals surface area contributed by atoms with Gasteiger partial charge in [0.25, 0.3) is 0 Å².